The lowest BCUT2D eigenvalue weighted by Crippen LogP contribution is -2.31. The van der Waals surface area contributed by atoms with Gasteiger partial charge in [0.05, 0.1) is 11.3 Å². The van der Waals surface area contributed by atoms with E-state index in [-0.39, 0.29) is 17.8 Å². The number of anilines is 2. The van der Waals surface area contributed by atoms with Crippen LogP contribution in [0.4, 0.5) is 11.4 Å². The molecule has 2 amide bonds. The zero-order chi connectivity index (χ0) is 19.8. The van der Waals surface area contributed by atoms with Crippen molar-refractivity contribution in [3.8, 4) is 0 Å². The van der Waals surface area contributed by atoms with E-state index in [4.69, 9.17) is 0 Å². The van der Waals surface area contributed by atoms with Crippen molar-refractivity contribution in [3.05, 3.63) is 72.0 Å². The van der Waals surface area contributed by atoms with Crippen LogP contribution in [0, 0.1) is 5.92 Å². The maximum atomic E-state index is 12.5. The molecular weight excluding hydrogens is 344 g/mol. The topological polar surface area (TPSA) is 95.5 Å². The van der Waals surface area contributed by atoms with Gasteiger partial charge in [0, 0.05) is 11.4 Å². The number of rotatable bonds is 7. The second kappa shape index (κ2) is 9.33. The Bertz CT molecular complexity index is 841. The number of hydrogen-bond donors (Lipinski definition) is 3. The number of allylic oxidation sites excluding steroid dienone is 1. The highest BCUT2D eigenvalue weighted by atomic mass is 16.3. The van der Waals surface area contributed by atoms with Gasteiger partial charge < -0.3 is 15.7 Å². The average molecular weight is 366 g/mol. The van der Waals surface area contributed by atoms with E-state index in [2.05, 4.69) is 10.6 Å². The van der Waals surface area contributed by atoms with Crippen LogP contribution >= 0.6 is 0 Å². The third-order valence-electron chi connectivity index (χ3n) is 4.00. The highest BCUT2D eigenvalue weighted by molar-refractivity contribution is 6.09. The predicted molar refractivity (Wildman–Crippen MR) is 104 cm³/mol. The summed E-state index contributed by atoms with van der Waals surface area (Å²) in [4.78, 5) is 37.1. The highest BCUT2D eigenvalue weighted by Crippen LogP contribution is 2.20. The van der Waals surface area contributed by atoms with Crippen LogP contribution in [0.2, 0.25) is 0 Å². The number of ketones is 1. The number of carbonyl (C=O) groups excluding carboxylic acids is 3. The minimum absolute atomic E-state index is 0.0118. The molecule has 0 aliphatic rings. The minimum atomic E-state index is -1.09. The molecule has 0 radical (unpaired) electrons. The minimum Gasteiger partial charge on any atom is -0.512 e. The molecule has 140 valence electrons. The van der Waals surface area contributed by atoms with E-state index < -0.39 is 23.5 Å². The first-order chi connectivity index (χ1) is 12.9. The van der Waals surface area contributed by atoms with Gasteiger partial charge in [-0.1, -0.05) is 36.4 Å². The number of para-hydroxylation sites is 2. The molecule has 1 atom stereocenters. The number of carbonyl (C=O) groups is 3. The van der Waals surface area contributed by atoms with E-state index >= 15 is 0 Å². The normalized spacial score (nSPS) is 12.5. The number of aliphatic hydroxyl groups is 1. The van der Waals surface area contributed by atoms with Crippen LogP contribution in [0.1, 0.15) is 20.3 Å². The summed E-state index contributed by atoms with van der Waals surface area (Å²) in [7, 11) is 0. The van der Waals surface area contributed by atoms with Crippen molar-refractivity contribution in [1.29, 1.82) is 0 Å². The van der Waals surface area contributed by atoms with Gasteiger partial charge in [0.2, 0.25) is 5.91 Å². The fourth-order valence-corrected chi connectivity index (χ4v) is 2.51. The lowest BCUT2D eigenvalue weighted by atomic mass is 9.93. The molecule has 6 heteroatoms. The van der Waals surface area contributed by atoms with Gasteiger partial charge >= 0.3 is 0 Å². The molecule has 1 unspecified atom stereocenters. The molecule has 0 spiro atoms. The first-order valence-electron chi connectivity index (χ1n) is 8.50. The third kappa shape index (κ3) is 5.81. The number of Topliss-reactive ketones (excluding diaryl/α,β-unsaturated/α-hetero) is 1. The first kappa shape index (κ1) is 19.9. The first-order valence-corrected chi connectivity index (χ1v) is 8.50. The lowest BCUT2D eigenvalue weighted by Gasteiger charge is -2.17. The molecular formula is C21H22N2O4. The Kier molecular flexibility index (Phi) is 6.88. The van der Waals surface area contributed by atoms with Crippen LogP contribution < -0.4 is 10.6 Å². The second-order valence-corrected chi connectivity index (χ2v) is 6.11. The Labute approximate surface area is 157 Å². The Balaban J connectivity index is 2.16. The number of nitrogens with one attached hydrogen (secondary N) is 2. The SMILES string of the molecule is CC(=O)C(C/C(C(=O)Nc1ccccc1)=C(\C)O)C(=O)Nc1ccccc1. The van der Waals surface area contributed by atoms with Gasteiger partial charge in [-0.05, 0) is 44.5 Å². The maximum absolute atomic E-state index is 12.5. The van der Waals surface area contributed by atoms with Crippen molar-refractivity contribution in [3.63, 3.8) is 0 Å². The largest absolute Gasteiger partial charge is 0.512 e. The van der Waals surface area contributed by atoms with E-state index in [1.54, 1.807) is 48.5 Å². The smallest absolute Gasteiger partial charge is 0.254 e. The Hall–Kier alpha value is -3.41. The Morgan fingerprint density at radius 2 is 1.33 bits per heavy atom. The number of hydrogen-bond acceptors (Lipinski definition) is 4. The quantitative estimate of drug-likeness (QED) is 0.396. The molecule has 0 heterocycles. The number of amides is 2. The van der Waals surface area contributed by atoms with Crippen molar-refractivity contribution in [2.45, 2.75) is 20.3 Å². The van der Waals surface area contributed by atoms with Gasteiger partial charge in [-0.2, -0.15) is 0 Å². The van der Waals surface area contributed by atoms with Crippen molar-refractivity contribution in [1.82, 2.24) is 0 Å². The van der Waals surface area contributed by atoms with Crippen LogP contribution in [-0.2, 0) is 14.4 Å². The van der Waals surface area contributed by atoms with Gasteiger partial charge in [-0.15, -0.1) is 0 Å². The Morgan fingerprint density at radius 1 is 0.852 bits per heavy atom. The molecule has 6 nitrogen and oxygen atoms in total. The summed E-state index contributed by atoms with van der Waals surface area (Å²) in [6.07, 6.45) is -0.199. The van der Waals surface area contributed by atoms with Crippen molar-refractivity contribution in [2.75, 3.05) is 10.6 Å². The third-order valence-corrected chi connectivity index (χ3v) is 4.00. The van der Waals surface area contributed by atoms with Crippen LogP contribution in [0.25, 0.3) is 0 Å². The highest BCUT2D eigenvalue weighted by Gasteiger charge is 2.28. The molecule has 0 fully saturated rings. The zero-order valence-corrected chi connectivity index (χ0v) is 15.2. The number of benzene rings is 2. The molecule has 27 heavy (non-hydrogen) atoms. The van der Waals surface area contributed by atoms with Crippen molar-refractivity contribution < 1.29 is 19.5 Å². The van der Waals surface area contributed by atoms with Gasteiger partial charge in [0.1, 0.15) is 11.7 Å². The summed E-state index contributed by atoms with van der Waals surface area (Å²) in [5.41, 5.74) is 1.09. The lowest BCUT2D eigenvalue weighted by molar-refractivity contribution is -0.129. The maximum Gasteiger partial charge on any atom is 0.254 e. The molecule has 0 aliphatic heterocycles. The van der Waals surface area contributed by atoms with E-state index in [1.807, 2.05) is 12.1 Å². The van der Waals surface area contributed by atoms with Crippen LogP contribution in [0.15, 0.2) is 72.0 Å². The van der Waals surface area contributed by atoms with Gasteiger partial charge in [-0.25, -0.2) is 0 Å². The van der Waals surface area contributed by atoms with E-state index in [9.17, 15) is 19.5 Å². The van der Waals surface area contributed by atoms with Gasteiger partial charge in [0.15, 0.2) is 0 Å². The summed E-state index contributed by atoms with van der Waals surface area (Å²) in [5.74, 6) is -2.80. The monoisotopic (exact) mass is 366 g/mol. The molecule has 2 aromatic carbocycles. The summed E-state index contributed by atoms with van der Waals surface area (Å²) in [5, 5.41) is 15.3. The summed E-state index contributed by atoms with van der Waals surface area (Å²) in [6, 6.07) is 17.5. The number of aliphatic hydroxyl groups excluding tert-OH is 1. The van der Waals surface area contributed by atoms with Gasteiger partial charge in [0.25, 0.3) is 5.91 Å². The average Bonchev–Trinajstić information content (AvgIpc) is 2.63. The van der Waals surface area contributed by atoms with Crippen LogP contribution in [0.3, 0.4) is 0 Å². The zero-order valence-electron chi connectivity index (χ0n) is 15.2. The van der Waals surface area contributed by atoms with E-state index in [0.29, 0.717) is 11.4 Å². The van der Waals surface area contributed by atoms with Crippen molar-refractivity contribution >= 4 is 29.0 Å². The molecule has 0 aliphatic carbocycles. The molecule has 0 bridgehead atoms. The molecule has 0 saturated carbocycles. The van der Waals surface area contributed by atoms with E-state index in [0.717, 1.165) is 0 Å². The molecule has 2 rings (SSSR count). The Morgan fingerprint density at radius 3 is 1.78 bits per heavy atom. The summed E-state index contributed by atoms with van der Waals surface area (Å²) in [6.45, 7) is 2.64. The standard InChI is InChI=1S/C21H22N2O4/c1-14(24)18(20(26)22-16-9-5-3-6-10-16)13-19(15(2)25)21(27)23-17-11-7-4-8-12-17/h3-12,18,25H,13H2,1-2H3,(H,22,26)(H,23,27)/b19-15-. The second-order valence-electron chi connectivity index (χ2n) is 6.11. The molecule has 0 aromatic heterocycles. The van der Waals surface area contributed by atoms with Crippen LogP contribution in [-0.4, -0.2) is 22.7 Å². The van der Waals surface area contributed by atoms with Crippen molar-refractivity contribution in [2.24, 2.45) is 5.92 Å². The van der Waals surface area contributed by atoms with Gasteiger partial charge in [-0.3, -0.25) is 14.4 Å². The summed E-state index contributed by atoms with van der Waals surface area (Å²) < 4.78 is 0. The predicted octanol–water partition coefficient (Wildman–Crippen LogP) is 3.69. The van der Waals surface area contributed by atoms with Crippen LogP contribution in [0.5, 0.6) is 0 Å². The molecule has 0 saturated heterocycles. The fraction of sp³-hybridized carbons (Fsp3) is 0.190. The summed E-state index contributed by atoms with van der Waals surface area (Å²) >= 11 is 0. The van der Waals surface area contributed by atoms with E-state index in [1.165, 1.54) is 13.8 Å². The molecule has 3 N–H and O–H groups in total. The fourth-order valence-electron chi connectivity index (χ4n) is 2.51. The molecule has 2 aromatic rings.